The Kier molecular flexibility index (Phi) is 4.62. The third kappa shape index (κ3) is 3.41. The van der Waals surface area contributed by atoms with E-state index in [0.717, 1.165) is 11.2 Å². The lowest BCUT2D eigenvalue weighted by Crippen LogP contribution is -2.19. The van der Waals surface area contributed by atoms with Crippen molar-refractivity contribution < 1.29 is 17.6 Å². The molecule has 0 aliphatic heterocycles. The molecule has 3 nitrogen and oxygen atoms in total. The van der Waals surface area contributed by atoms with Crippen molar-refractivity contribution in [3.63, 3.8) is 0 Å². The predicted octanol–water partition coefficient (Wildman–Crippen LogP) is 3.17. The molecule has 1 N–H and O–H groups in total. The van der Waals surface area contributed by atoms with Crippen LogP contribution in [0, 0.1) is 29.2 Å². The summed E-state index contributed by atoms with van der Waals surface area (Å²) in [6.45, 7) is 5.22. The Bertz CT molecular complexity index is 611. The lowest BCUT2D eigenvalue weighted by Gasteiger charge is -2.07. The molecule has 7 heteroatoms. The van der Waals surface area contributed by atoms with Gasteiger partial charge in [0.1, 0.15) is 5.69 Å². The standard InChI is InChI=1S/C14H15F4N3/c1-8(2)6-19-7-9-3-4-21(20-9)14-12(17)10(15)5-11(16)13(14)18/h3-5,8,19H,6-7H2,1-2H3. The summed E-state index contributed by atoms with van der Waals surface area (Å²) in [7, 11) is 0. The van der Waals surface area contributed by atoms with E-state index in [-0.39, 0.29) is 6.07 Å². The molecule has 0 radical (unpaired) electrons. The van der Waals surface area contributed by atoms with Crippen molar-refractivity contribution in [2.45, 2.75) is 20.4 Å². The molecule has 0 aliphatic rings. The molecule has 0 aliphatic carbocycles. The first-order valence-electron chi connectivity index (χ1n) is 6.48. The molecule has 0 spiro atoms. The second-order valence-corrected chi connectivity index (χ2v) is 5.09. The van der Waals surface area contributed by atoms with Gasteiger partial charge in [0.25, 0.3) is 0 Å². The summed E-state index contributed by atoms with van der Waals surface area (Å²) in [4.78, 5) is 0. The van der Waals surface area contributed by atoms with Crippen LogP contribution in [0.15, 0.2) is 18.3 Å². The molecule has 21 heavy (non-hydrogen) atoms. The second-order valence-electron chi connectivity index (χ2n) is 5.09. The van der Waals surface area contributed by atoms with Gasteiger partial charge in [-0.05, 0) is 18.5 Å². The molecule has 1 heterocycles. The number of hydrogen-bond acceptors (Lipinski definition) is 2. The van der Waals surface area contributed by atoms with Crippen LogP contribution in [-0.4, -0.2) is 16.3 Å². The minimum Gasteiger partial charge on any atom is -0.311 e. The summed E-state index contributed by atoms with van der Waals surface area (Å²) < 4.78 is 54.4. The highest BCUT2D eigenvalue weighted by molar-refractivity contribution is 5.36. The van der Waals surface area contributed by atoms with E-state index in [0.29, 0.717) is 18.2 Å². The van der Waals surface area contributed by atoms with Crippen LogP contribution in [-0.2, 0) is 6.54 Å². The number of hydrogen-bond donors (Lipinski definition) is 1. The van der Waals surface area contributed by atoms with Crippen LogP contribution in [0.1, 0.15) is 19.5 Å². The minimum atomic E-state index is -1.47. The van der Waals surface area contributed by atoms with Crippen molar-refractivity contribution in [1.29, 1.82) is 0 Å². The Balaban J connectivity index is 2.26. The van der Waals surface area contributed by atoms with E-state index in [1.165, 1.54) is 12.3 Å². The van der Waals surface area contributed by atoms with Gasteiger partial charge >= 0.3 is 0 Å². The monoisotopic (exact) mass is 301 g/mol. The van der Waals surface area contributed by atoms with E-state index in [4.69, 9.17) is 0 Å². The van der Waals surface area contributed by atoms with Crippen LogP contribution in [0.2, 0.25) is 0 Å². The number of halogens is 4. The van der Waals surface area contributed by atoms with Gasteiger partial charge in [-0.15, -0.1) is 0 Å². The number of aromatic nitrogens is 2. The van der Waals surface area contributed by atoms with Crippen LogP contribution in [0.3, 0.4) is 0 Å². The molecular weight excluding hydrogens is 286 g/mol. The van der Waals surface area contributed by atoms with Gasteiger partial charge < -0.3 is 5.32 Å². The summed E-state index contributed by atoms with van der Waals surface area (Å²) in [5.74, 6) is -5.42. The highest BCUT2D eigenvalue weighted by atomic mass is 19.2. The smallest absolute Gasteiger partial charge is 0.187 e. The highest BCUT2D eigenvalue weighted by Gasteiger charge is 2.21. The Hall–Kier alpha value is -1.89. The van der Waals surface area contributed by atoms with Crippen LogP contribution in [0.4, 0.5) is 17.6 Å². The van der Waals surface area contributed by atoms with Gasteiger partial charge in [-0.3, -0.25) is 0 Å². The first-order valence-corrected chi connectivity index (χ1v) is 6.48. The molecule has 2 aromatic rings. The normalized spacial score (nSPS) is 11.4. The van der Waals surface area contributed by atoms with Gasteiger partial charge in [0.2, 0.25) is 0 Å². The number of nitrogens with zero attached hydrogens (tertiary/aromatic N) is 2. The highest BCUT2D eigenvalue weighted by Crippen LogP contribution is 2.22. The van der Waals surface area contributed by atoms with E-state index >= 15 is 0 Å². The van der Waals surface area contributed by atoms with E-state index < -0.39 is 29.0 Å². The van der Waals surface area contributed by atoms with Crippen molar-refractivity contribution >= 4 is 0 Å². The Morgan fingerprint density at radius 3 is 2.33 bits per heavy atom. The maximum atomic E-state index is 13.6. The summed E-state index contributed by atoms with van der Waals surface area (Å²) in [5, 5.41) is 7.03. The third-order valence-electron chi connectivity index (χ3n) is 2.82. The summed E-state index contributed by atoms with van der Waals surface area (Å²) in [5.41, 5.74) is -0.346. The Morgan fingerprint density at radius 1 is 1.14 bits per heavy atom. The molecule has 1 aromatic carbocycles. The molecule has 0 bridgehead atoms. The van der Waals surface area contributed by atoms with Crippen LogP contribution in [0.25, 0.3) is 5.69 Å². The van der Waals surface area contributed by atoms with Gasteiger partial charge in [0.15, 0.2) is 23.3 Å². The van der Waals surface area contributed by atoms with Gasteiger partial charge in [-0.2, -0.15) is 5.10 Å². The van der Waals surface area contributed by atoms with Crippen LogP contribution < -0.4 is 5.32 Å². The van der Waals surface area contributed by atoms with E-state index in [2.05, 4.69) is 10.4 Å². The molecular formula is C14H15F4N3. The van der Waals surface area contributed by atoms with Crippen molar-refractivity contribution in [2.24, 2.45) is 5.92 Å². The second kappa shape index (κ2) is 6.26. The van der Waals surface area contributed by atoms with Crippen molar-refractivity contribution in [3.8, 4) is 5.69 Å². The maximum absolute atomic E-state index is 13.6. The van der Waals surface area contributed by atoms with Crippen LogP contribution >= 0.6 is 0 Å². The number of nitrogens with one attached hydrogen (secondary N) is 1. The zero-order valence-corrected chi connectivity index (χ0v) is 11.6. The molecule has 0 saturated heterocycles. The van der Waals surface area contributed by atoms with Gasteiger partial charge in [-0.1, -0.05) is 13.8 Å². The molecule has 114 valence electrons. The third-order valence-corrected chi connectivity index (χ3v) is 2.82. The number of benzene rings is 1. The molecule has 0 amide bonds. The van der Waals surface area contributed by atoms with E-state index in [1.807, 2.05) is 13.8 Å². The predicted molar refractivity (Wildman–Crippen MR) is 69.9 cm³/mol. The molecule has 2 rings (SSSR count). The Morgan fingerprint density at radius 2 is 1.76 bits per heavy atom. The fourth-order valence-corrected chi connectivity index (χ4v) is 1.83. The number of rotatable bonds is 5. The SMILES string of the molecule is CC(C)CNCc1ccn(-c2c(F)c(F)cc(F)c2F)n1. The van der Waals surface area contributed by atoms with Crippen molar-refractivity contribution in [1.82, 2.24) is 15.1 Å². The van der Waals surface area contributed by atoms with Gasteiger partial charge in [0.05, 0.1) is 5.69 Å². The molecule has 0 fully saturated rings. The Labute approximate surface area is 119 Å². The zero-order valence-electron chi connectivity index (χ0n) is 11.6. The molecule has 0 saturated carbocycles. The van der Waals surface area contributed by atoms with E-state index in [1.54, 1.807) is 0 Å². The van der Waals surface area contributed by atoms with Gasteiger partial charge in [0, 0.05) is 18.8 Å². The fraction of sp³-hybridized carbons (Fsp3) is 0.357. The van der Waals surface area contributed by atoms with E-state index in [9.17, 15) is 17.6 Å². The zero-order chi connectivity index (χ0) is 15.6. The quantitative estimate of drug-likeness (QED) is 0.679. The van der Waals surface area contributed by atoms with Crippen LogP contribution in [0.5, 0.6) is 0 Å². The van der Waals surface area contributed by atoms with Gasteiger partial charge in [-0.25, -0.2) is 22.2 Å². The van der Waals surface area contributed by atoms with Crippen molar-refractivity contribution in [3.05, 3.63) is 47.3 Å². The first-order chi connectivity index (χ1) is 9.90. The average Bonchev–Trinajstić information content (AvgIpc) is 2.85. The molecule has 1 aromatic heterocycles. The summed E-state index contributed by atoms with van der Waals surface area (Å²) in [6, 6.07) is 1.69. The topological polar surface area (TPSA) is 29.9 Å². The molecule has 0 atom stereocenters. The minimum absolute atomic E-state index is 0.169. The first kappa shape index (κ1) is 15.5. The molecule has 0 unspecified atom stereocenters. The largest absolute Gasteiger partial charge is 0.311 e. The maximum Gasteiger partial charge on any atom is 0.187 e. The summed E-state index contributed by atoms with van der Waals surface area (Å²) in [6.07, 6.45) is 1.26. The summed E-state index contributed by atoms with van der Waals surface area (Å²) >= 11 is 0. The average molecular weight is 301 g/mol. The lowest BCUT2D eigenvalue weighted by atomic mass is 10.2. The van der Waals surface area contributed by atoms with Crippen molar-refractivity contribution in [2.75, 3.05) is 6.54 Å². The fourth-order valence-electron chi connectivity index (χ4n) is 1.83. The lowest BCUT2D eigenvalue weighted by molar-refractivity contribution is 0.443.